The zero-order valence-electron chi connectivity index (χ0n) is 59.5. The lowest BCUT2D eigenvalue weighted by molar-refractivity contribution is 0.568. The van der Waals surface area contributed by atoms with Crippen LogP contribution in [-0.4, -0.2) is 8.80 Å². The van der Waals surface area contributed by atoms with E-state index < -0.39 is 0 Å². The zero-order valence-corrected chi connectivity index (χ0v) is 59.5. The third-order valence-electron chi connectivity index (χ3n) is 21.0. The Morgan fingerprint density at radius 2 is 0.625 bits per heavy atom. The van der Waals surface area contributed by atoms with E-state index in [9.17, 15) is 0 Å². The van der Waals surface area contributed by atoms with Crippen molar-refractivity contribution >= 4 is 104 Å². The van der Waals surface area contributed by atoms with E-state index in [2.05, 4.69) is 351 Å². The molecule has 0 bridgehead atoms. The molecule has 5 aromatic heterocycles. The largest absolute Gasteiger partial charge is 0.439 e. The molecule has 0 amide bonds. The van der Waals surface area contributed by atoms with Crippen LogP contribution in [0.2, 0.25) is 0 Å². The predicted molar refractivity (Wildman–Crippen MR) is 414 cm³/mol. The van der Waals surface area contributed by atoms with Crippen LogP contribution in [0.25, 0.3) is 132 Å². The molecule has 96 heavy (non-hydrogen) atoms. The van der Waals surface area contributed by atoms with Crippen LogP contribution in [0.15, 0.2) is 217 Å². The SMILES string of the molecule is CC(C)(C)c1cc(-c2cc(-c3ccc(N(c4ccccc4)c4ccccc4)cc3)c3c(c2)c2cc(-c4cc(C(C)(C)C)cc(C(C)(C)C)c4)cc4c5ccc6c(c7cc(-c8cc(C(C)(C)C)cc(C(C)(C)C)c8)cc8c9c%10ccccc%10oc9n6c87)c5n3c24)cc(C(C)(C)C)c1. The van der Waals surface area contributed by atoms with E-state index in [1.54, 1.807) is 0 Å². The lowest BCUT2D eigenvalue weighted by Gasteiger charge is -2.26. The van der Waals surface area contributed by atoms with Crippen molar-refractivity contribution in [2.75, 3.05) is 4.90 Å². The summed E-state index contributed by atoms with van der Waals surface area (Å²) in [5.41, 5.74) is 28.3. The van der Waals surface area contributed by atoms with Crippen LogP contribution < -0.4 is 4.90 Å². The van der Waals surface area contributed by atoms with Crippen LogP contribution in [0.3, 0.4) is 0 Å². The summed E-state index contributed by atoms with van der Waals surface area (Å²) >= 11 is 0. The van der Waals surface area contributed by atoms with Crippen molar-refractivity contribution in [1.82, 2.24) is 8.80 Å². The van der Waals surface area contributed by atoms with Crippen molar-refractivity contribution in [3.63, 3.8) is 0 Å². The van der Waals surface area contributed by atoms with Gasteiger partial charge in [0.1, 0.15) is 5.58 Å². The number of aromatic nitrogens is 2. The van der Waals surface area contributed by atoms with Gasteiger partial charge in [0.2, 0.25) is 5.71 Å². The second-order valence-electron chi connectivity index (χ2n) is 34.0. The average Bonchev–Trinajstić information content (AvgIpc) is 1.50. The molecular weight excluding hydrogens is 1160 g/mol. The first-order valence-electron chi connectivity index (χ1n) is 34.7. The number of nitrogens with zero attached hydrogens (tertiary/aromatic N) is 3. The molecule has 0 aliphatic heterocycles. The fourth-order valence-electron chi connectivity index (χ4n) is 15.3. The molecule has 5 heterocycles. The van der Waals surface area contributed by atoms with Gasteiger partial charge in [-0.15, -0.1) is 0 Å². The standard InChI is InChI=1S/C92H89N3O/c1-87(2,3)61-39-55(40-62(51-61)88(4,5)6)58-45-72(54-33-35-69(36-34-54)93(67-27-21-19-22-28-67)68-29-23-20-24-30-68)82-74(47-58)75-48-59(56-41-63(89(7,8)9)52-64(42-56)90(10,11)12)46-73-70-37-38-78-81(85(70)95(82)83(73)75)77-50-60(57-43-65(91(13,14)15)53-66(44-57)92(16,17)18)49-76-80-71-31-25-26-32-79(71)96-86(80)94(78)84(76)77/h19-53H,1-18H3. The molecule has 0 unspecified atom stereocenters. The minimum atomic E-state index is -0.0830. The summed E-state index contributed by atoms with van der Waals surface area (Å²) < 4.78 is 12.4. The normalized spacial score (nSPS) is 13.3. The van der Waals surface area contributed by atoms with Gasteiger partial charge in [-0.25, -0.2) is 0 Å². The molecule has 478 valence electrons. The maximum Gasteiger partial charge on any atom is 0.213 e. The molecule has 0 radical (unpaired) electrons. The molecule has 11 aromatic carbocycles. The molecular formula is C92H89N3O. The number of anilines is 3. The van der Waals surface area contributed by atoms with E-state index in [0.29, 0.717) is 0 Å². The van der Waals surface area contributed by atoms with E-state index >= 15 is 0 Å². The maximum atomic E-state index is 7.17. The van der Waals surface area contributed by atoms with Gasteiger partial charge in [0.15, 0.2) is 0 Å². The van der Waals surface area contributed by atoms with Crippen LogP contribution in [0.1, 0.15) is 158 Å². The fraction of sp³-hybridized carbons (Fsp3) is 0.261. The maximum absolute atomic E-state index is 7.17. The van der Waals surface area contributed by atoms with E-state index in [4.69, 9.17) is 4.42 Å². The molecule has 0 saturated heterocycles. The van der Waals surface area contributed by atoms with Gasteiger partial charge in [0.05, 0.1) is 33.0 Å². The van der Waals surface area contributed by atoms with Gasteiger partial charge in [-0.1, -0.05) is 252 Å². The summed E-state index contributed by atoms with van der Waals surface area (Å²) in [5.74, 6) is 0. The van der Waals surface area contributed by atoms with Crippen LogP contribution in [0, 0.1) is 0 Å². The molecule has 4 heteroatoms. The second kappa shape index (κ2) is 20.9. The van der Waals surface area contributed by atoms with Crippen molar-refractivity contribution in [3.8, 4) is 44.5 Å². The Balaban J connectivity index is 1.10. The molecule has 0 saturated carbocycles. The van der Waals surface area contributed by atoms with Crippen molar-refractivity contribution in [2.45, 2.75) is 157 Å². The Kier molecular flexibility index (Phi) is 13.4. The Labute approximate surface area is 566 Å². The van der Waals surface area contributed by atoms with Gasteiger partial charge in [-0.3, -0.25) is 4.40 Å². The molecule has 0 fully saturated rings. The first kappa shape index (κ1) is 61.2. The van der Waals surface area contributed by atoms with Crippen molar-refractivity contribution < 1.29 is 4.42 Å². The minimum Gasteiger partial charge on any atom is -0.439 e. The number of furan rings is 1. The van der Waals surface area contributed by atoms with Gasteiger partial charge in [0.25, 0.3) is 0 Å². The fourth-order valence-corrected chi connectivity index (χ4v) is 15.3. The highest BCUT2D eigenvalue weighted by molar-refractivity contribution is 6.36. The Morgan fingerprint density at radius 1 is 0.260 bits per heavy atom. The molecule has 0 atom stereocenters. The number of hydrogen-bond donors (Lipinski definition) is 0. The lowest BCUT2D eigenvalue weighted by Crippen LogP contribution is -2.16. The zero-order chi connectivity index (χ0) is 67.2. The van der Waals surface area contributed by atoms with Crippen LogP contribution in [0.5, 0.6) is 0 Å². The Morgan fingerprint density at radius 3 is 1.08 bits per heavy atom. The van der Waals surface area contributed by atoms with Gasteiger partial charge in [0, 0.05) is 65.7 Å². The van der Waals surface area contributed by atoms with Gasteiger partial charge in [-0.05, 0) is 190 Å². The Hall–Kier alpha value is -9.64. The van der Waals surface area contributed by atoms with Gasteiger partial charge in [-0.2, -0.15) is 0 Å². The number of fused-ring (bicyclic) bond motifs is 15. The highest BCUT2D eigenvalue weighted by Gasteiger charge is 2.32. The highest BCUT2D eigenvalue weighted by atomic mass is 16.3. The smallest absolute Gasteiger partial charge is 0.213 e. The first-order chi connectivity index (χ1) is 45.4. The molecule has 0 spiro atoms. The molecule has 16 rings (SSSR count). The third-order valence-corrected chi connectivity index (χ3v) is 21.0. The topological polar surface area (TPSA) is 25.2 Å². The van der Waals surface area contributed by atoms with E-state index in [1.807, 2.05) is 0 Å². The number of benzene rings is 11. The molecule has 0 aliphatic rings. The summed E-state index contributed by atoms with van der Waals surface area (Å²) in [6.07, 6.45) is 0. The van der Waals surface area contributed by atoms with Crippen LogP contribution >= 0.6 is 0 Å². The number of para-hydroxylation sites is 3. The molecule has 4 nitrogen and oxygen atoms in total. The summed E-state index contributed by atoms with van der Waals surface area (Å²) in [6.45, 7) is 42.3. The van der Waals surface area contributed by atoms with Crippen molar-refractivity contribution in [2.24, 2.45) is 0 Å². The van der Waals surface area contributed by atoms with E-state index in [-0.39, 0.29) is 32.5 Å². The minimum absolute atomic E-state index is 0.0686. The molecule has 16 aromatic rings. The van der Waals surface area contributed by atoms with Gasteiger partial charge >= 0.3 is 0 Å². The average molecular weight is 1250 g/mol. The number of hydrogen-bond acceptors (Lipinski definition) is 2. The van der Waals surface area contributed by atoms with Crippen molar-refractivity contribution in [1.29, 1.82) is 0 Å². The first-order valence-corrected chi connectivity index (χ1v) is 34.7. The van der Waals surface area contributed by atoms with Crippen molar-refractivity contribution in [3.05, 3.63) is 246 Å². The van der Waals surface area contributed by atoms with E-state index in [0.717, 1.165) is 50.2 Å². The monoisotopic (exact) mass is 1250 g/mol. The second-order valence-corrected chi connectivity index (χ2v) is 34.0. The van der Waals surface area contributed by atoms with Gasteiger partial charge < -0.3 is 13.7 Å². The van der Waals surface area contributed by atoms with Crippen LogP contribution in [-0.2, 0) is 32.5 Å². The summed E-state index contributed by atoms with van der Waals surface area (Å²) in [7, 11) is 0. The van der Waals surface area contributed by atoms with E-state index in [1.165, 1.54) is 132 Å². The molecule has 0 N–H and O–H groups in total. The predicted octanol–water partition coefficient (Wildman–Crippen LogP) is 26.7. The third kappa shape index (κ3) is 9.82. The molecule has 0 aliphatic carbocycles. The lowest BCUT2D eigenvalue weighted by atomic mass is 9.78. The summed E-state index contributed by atoms with van der Waals surface area (Å²) in [5, 5.41) is 10.9. The number of rotatable bonds is 7. The highest BCUT2D eigenvalue weighted by Crippen LogP contribution is 2.53. The van der Waals surface area contributed by atoms with Crippen LogP contribution in [0.4, 0.5) is 17.1 Å². The summed E-state index contributed by atoms with van der Waals surface area (Å²) in [4.78, 5) is 2.37. The summed E-state index contributed by atoms with van der Waals surface area (Å²) in [6, 6.07) is 81.8. The quantitative estimate of drug-likeness (QED) is 0.159. The Bertz CT molecular complexity index is 5650.